The number of nitrogens with one attached hydrogen (secondary N) is 1. The van der Waals surface area contributed by atoms with Gasteiger partial charge in [-0.25, -0.2) is 0 Å². The Morgan fingerprint density at radius 3 is 2.54 bits per heavy atom. The largest absolute Gasteiger partial charge is 0.381 e. The molecule has 0 radical (unpaired) electrons. The molecule has 1 fully saturated rings. The van der Waals surface area contributed by atoms with Crippen molar-refractivity contribution in [1.82, 2.24) is 10.3 Å². The van der Waals surface area contributed by atoms with Crippen molar-refractivity contribution < 1.29 is 14.3 Å². The van der Waals surface area contributed by atoms with Gasteiger partial charge in [0, 0.05) is 31.4 Å². The smallest absolute Gasteiger partial charge is 0.269 e. The van der Waals surface area contributed by atoms with Gasteiger partial charge >= 0.3 is 0 Å². The lowest BCUT2D eigenvalue weighted by atomic mass is 9.72. The van der Waals surface area contributed by atoms with Gasteiger partial charge in [0.15, 0.2) is 0 Å². The fourth-order valence-electron chi connectivity index (χ4n) is 3.49. The fourth-order valence-corrected chi connectivity index (χ4v) is 3.49. The van der Waals surface area contributed by atoms with E-state index in [0.29, 0.717) is 19.8 Å². The molecule has 2 amide bonds. The van der Waals surface area contributed by atoms with E-state index in [2.05, 4.69) is 29.4 Å². The molecule has 3 rings (SSSR count). The zero-order chi connectivity index (χ0) is 18.6. The Labute approximate surface area is 152 Å². The highest BCUT2D eigenvalue weighted by molar-refractivity contribution is 5.95. The topological polar surface area (TPSA) is 94.3 Å². The number of aryl methyl sites for hydroxylation is 1. The average molecular weight is 353 g/mol. The third-order valence-corrected chi connectivity index (χ3v) is 5.03. The van der Waals surface area contributed by atoms with Gasteiger partial charge in [-0.05, 0) is 43.0 Å². The number of primary amides is 1. The minimum atomic E-state index is -0.565. The van der Waals surface area contributed by atoms with E-state index in [-0.39, 0.29) is 22.6 Å². The number of amides is 2. The number of aromatic nitrogens is 1. The van der Waals surface area contributed by atoms with E-state index in [0.717, 1.165) is 12.8 Å². The summed E-state index contributed by atoms with van der Waals surface area (Å²) < 4.78 is 5.54. The molecule has 0 saturated carbocycles. The summed E-state index contributed by atoms with van der Waals surface area (Å²) >= 11 is 0. The Bertz CT molecular complexity index is 796. The Balaban J connectivity index is 1.77. The van der Waals surface area contributed by atoms with Crippen molar-refractivity contribution in [2.24, 2.45) is 5.73 Å². The van der Waals surface area contributed by atoms with Gasteiger partial charge < -0.3 is 15.8 Å². The molecule has 6 nitrogen and oxygen atoms in total. The molecular weight excluding hydrogens is 330 g/mol. The van der Waals surface area contributed by atoms with E-state index < -0.39 is 5.91 Å². The number of hydrogen-bond acceptors (Lipinski definition) is 4. The molecule has 26 heavy (non-hydrogen) atoms. The SMILES string of the molecule is Cc1ccccc1C1(CNC(=O)c2ccc(C(N)=O)cn2)CCOCC1. The molecule has 0 aliphatic carbocycles. The number of ether oxygens (including phenoxy) is 1. The number of rotatable bonds is 5. The van der Waals surface area contributed by atoms with E-state index in [4.69, 9.17) is 10.5 Å². The van der Waals surface area contributed by atoms with Crippen LogP contribution in [-0.4, -0.2) is 36.6 Å². The fraction of sp³-hybridized carbons (Fsp3) is 0.350. The van der Waals surface area contributed by atoms with Gasteiger partial charge in [0.05, 0.1) is 5.56 Å². The first-order chi connectivity index (χ1) is 12.5. The van der Waals surface area contributed by atoms with Gasteiger partial charge in [0.25, 0.3) is 5.91 Å². The second kappa shape index (κ2) is 7.66. The molecule has 0 atom stereocenters. The van der Waals surface area contributed by atoms with Crippen LogP contribution in [-0.2, 0) is 10.2 Å². The predicted molar refractivity (Wildman–Crippen MR) is 98.0 cm³/mol. The average Bonchev–Trinajstić information content (AvgIpc) is 2.67. The molecule has 3 N–H and O–H groups in total. The maximum absolute atomic E-state index is 12.5. The van der Waals surface area contributed by atoms with Crippen molar-refractivity contribution in [2.45, 2.75) is 25.2 Å². The molecule has 2 aromatic rings. The van der Waals surface area contributed by atoms with Crippen molar-refractivity contribution in [3.05, 3.63) is 65.0 Å². The zero-order valence-corrected chi connectivity index (χ0v) is 14.8. The van der Waals surface area contributed by atoms with Crippen molar-refractivity contribution in [3.63, 3.8) is 0 Å². The molecule has 1 aliphatic heterocycles. The van der Waals surface area contributed by atoms with Crippen LogP contribution in [0.3, 0.4) is 0 Å². The first-order valence-electron chi connectivity index (χ1n) is 8.70. The van der Waals surface area contributed by atoms with Crippen molar-refractivity contribution in [2.75, 3.05) is 19.8 Å². The number of pyridine rings is 1. The maximum Gasteiger partial charge on any atom is 0.269 e. The predicted octanol–water partition coefficient (Wildman–Crippen LogP) is 1.97. The Morgan fingerprint density at radius 2 is 1.92 bits per heavy atom. The van der Waals surface area contributed by atoms with Crippen LogP contribution >= 0.6 is 0 Å². The molecule has 136 valence electrons. The highest BCUT2D eigenvalue weighted by atomic mass is 16.5. The van der Waals surface area contributed by atoms with E-state index in [1.54, 1.807) is 0 Å². The Morgan fingerprint density at radius 1 is 1.19 bits per heavy atom. The van der Waals surface area contributed by atoms with Crippen LogP contribution < -0.4 is 11.1 Å². The second-order valence-electron chi connectivity index (χ2n) is 6.69. The summed E-state index contributed by atoms with van der Waals surface area (Å²) in [5, 5.41) is 3.01. The summed E-state index contributed by atoms with van der Waals surface area (Å²) in [6.07, 6.45) is 3.03. The van der Waals surface area contributed by atoms with Crippen LogP contribution in [0.5, 0.6) is 0 Å². The normalized spacial score (nSPS) is 16.0. The van der Waals surface area contributed by atoms with Crippen LogP contribution in [0.25, 0.3) is 0 Å². The van der Waals surface area contributed by atoms with E-state index in [9.17, 15) is 9.59 Å². The van der Waals surface area contributed by atoms with Crippen LogP contribution in [0.2, 0.25) is 0 Å². The molecule has 1 aromatic heterocycles. The monoisotopic (exact) mass is 353 g/mol. The van der Waals surface area contributed by atoms with Crippen LogP contribution in [0.1, 0.15) is 44.8 Å². The molecule has 0 spiro atoms. The van der Waals surface area contributed by atoms with E-state index in [1.165, 1.54) is 29.5 Å². The molecule has 0 unspecified atom stereocenters. The highest BCUT2D eigenvalue weighted by Gasteiger charge is 2.36. The third kappa shape index (κ3) is 3.75. The highest BCUT2D eigenvalue weighted by Crippen LogP contribution is 2.36. The number of nitrogens with zero attached hydrogens (tertiary/aromatic N) is 1. The molecule has 6 heteroatoms. The summed E-state index contributed by atoms with van der Waals surface area (Å²) in [5.41, 5.74) is 8.07. The quantitative estimate of drug-likeness (QED) is 0.859. The van der Waals surface area contributed by atoms with E-state index in [1.807, 2.05) is 12.1 Å². The minimum Gasteiger partial charge on any atom is -0.381 e. The number of carbonyl (C=O) groups is 2. The van der Waals surface area contributed by atoms with Crippen molar-refractivity contribution in [3.8, 4) is 0 Å². The number of nitrogens with two attached hydrogens (primary N) is 1. The summed E-state index contributed by atoms with van der Waals surface area (Å²) in [6, 6.07) is 11.3. The lowest BCUT2D eigenvalue weighted by Gasteiger charge is -2.39. The first kappa shape index (κ1) is 18.1. The molecule has 1 aliphatic rings. The van der Waals surface area contributed by atoms with Crippen LogP contribution in [0.4, 0.5) is 0 Å². The summed E-state index contributed by atoms with van der Waals surface area (Å²) in [4.78, 5) is 27.7. The van der Waals surface area contributed by atoms with Crippen LogP contribution in [0.15, 0.2) is 42.6 Å². The molecule has 1 saturated heterocycles. The van der Waals surface area contributed by atoms with Gasteiger partial charge in [0.1, 0.15) is 5.69 Å². The summed E-state index contributed by atoms with van der Waals surface area (Å²) in [5.74, 6) is -0.828. The number of benzene rings is 1. The van der Waals surface area contributed by atoms with Gasteiger partial charge in [-0.1, -0.05) is 24.3 Å². The number of carbonyl (C=O) groups excluding carboxylic acids is 2. The minimum absolute atomic E-state index is 0.146. The number of hydrogen-bond donors (Lipinski definition) is 2. The Hall–Kier alpha value is -2.73. The molecule has 0 bridgehead atoms. The summed E-state index contributed by atoms with van der Waals surface area (Å²) in [7, 11) is 0. The lowest BCUT2D eigenvalue weighted by molar-refractivity contribution is 0.0484. The standard InChI is InChI=1S/C20H23N3O3/c1-14-4-2-3-5-16(14)20(8-10-26-11-9-20)13-23-19(25)17-7-6-15(12-22-17)18(21)24/h2-7,12H,8-11,13H2,1H3,(H2,21,24)(H,23,25). The molecular formula is C20H23N3O3. The van der Waals surface area contributed by atoms with Gasteiger partial charge in [-0.3, -0.25) is 14.6 Å². The second-order valence-corrected chi connectivity index (χ2v) is 6.69. The maximum atomic E-state index is 12.5. The Kier molecular flexibility index (Phi) is 5.32. The van der Waals surface area contributed by atoms with Crippen molar-refractivity contribution in [1.29, 1.82) is 0 Å². The van der Waals surface area contributed by atoms with Gasteiger partial charge in [0.2, 0.25) is 5.91 Å². The summed E-state index contributed by atoms with van der Waals surface area (Å²) in [6.45, 7) is 3.96. The lowest BCUT2D eigenvalue weighted by Crippen LogP contribution is -2.45. The van der Waals surface area contributed by atoms with Crippen molar-refractivity contribution >= 4 is 11.8 Å². The molecule has 2 heterocycles. The zero-order valence-electron chi connectivity index (χ0n) is 14.8. The van der Waals surface area contributed by atoms with Gasteiger partial charge in [-0.15, -0.1) is 0 Å². The first-order valence-corrected chi connectivity index (χ1v) is 8.70. The van der Waals surface area contributed by atoms with E-state index >= 15 is 0 Å². The molecule has 1 aromatic carbocycles. The van der Waals surface area contributed by atoms with Crippen LogP contribution in [0, 0.1) is 6.92 Å². The third-order valence-electron chi connectivity index (χ3n) is 5.03. The van der Waals surface area contributed by atoms with Gasteiger partial charge in [-0.2, -0.15) is 0 Å².